The number of fused-ring (bicyclic) bond motifs is 1. The summed E-state index contributed by atoms with van der Waals surface area (Å²) in [5, 5.41) is 15.3. The minimum Gasteiger partial charge on any atom is -0.356 e. The molecule has 0 atom stereocenters. The molecule has 2 heterocycles. The number of nitrogens with two attached hydrogens (primary N) is 1. The summed E-state index contributed by atoms with van der Waals surface area (Å²) in [5.41, 5.74) is 3.36. The minimum absolute atomic E-state index is 0.120. The van der Waals surface area contributed by atoms with Gasteiger partial charge in [-0.05, 0) is 48.1 Å². The fourth-order valence-corrected chi connectivity index (χ4v) is 4.02. The second kappa shape index (κ2) is 5.35. The molecule has 6 nitrogen and oxygen atoms in total. The van der Waals surface area contributed by atoms with E-state index in [4.69, 9.17) is 5.14 Å². The van der Waals surface area contributed by atoms with E-state index in [2.05, 4.69) is 15.3 Å². The molecule has 0 fully saturated rings. The van der Waals surface area contributed by atoms with Crippen LogP contribution in [0.15, 0.2) is 23.1 Å². The first-order chi connectivity index (χ1) is 10.4. The van der Waals surface area contributed by atoms with Crippen molar-refractivity contribution in [1.29, 1.82) is 5.26 Å². The van der Waals surface area contributed by atoms with E-state index in [-0.39, 0.29) is 4.90 Å². The number of primary sulfonamides is 1. The third kappa shape index (κ3) is 2.59. The van der Waals surface area contributed by atoms with Gasteiger partial charge in [-0.2, -0.15) is 9.64 Å². The smallest absolute Gasteiger partial charge is 0.238 e. The Morgan fingerprint density at radius 2 is 2.18 bits per heavy atom. The first kappa shape index (κ1) is 15.0. The van der Waals surface area contributed by atoms with Gasteiger partial charge in [0.05, 0.1) is 10.6 Å². The monoisotopic (exact) mass is 334 g/mol. The topological polar surface area (TPSA) is 100 Å². The van der Waals surface area contributed by atoms with Gasteiger partial charge < -0.3 is 4.90 Å². The molecule has 0 radical (unpaired) electrons. The average Bonchev–Trinajstić information content (AvgIpc) is 2.86. The quantitative estimate of drug-likeness (QED) is 0.898. The Kier molecular flexibility index (Phi) is 3.64. The molecule has 0 aliphatic carbocycles. The summed E-state index contributed by atoms with van der Waals surface area (Å²) in [4.78, 5) is 2.19. The normalized spacial score (nSPS) is 14.5. The predicted octanol–water partition coefficient (Wildman–Crippen LogP) is 1.53. The van der Waals surface area contributed by atoms with Crippen molar-refractivity contribution in [2.45, 2.75) is 24.8 Å². The maximum absolute atomic E-state index is 11.5. The van der Waals surface area contributed by atoms with Gasteiger partial charge in [0.15, 0.2) is 0 Å². The van der Waals surface area contributed by atoms with Crippen LogP contribution in [0.5, 0.6) is 0 Å². The van der Waals surface area contributed by atoms with Crippen molar-refractivity contribution in [2.75, 3.05) is 11.4 Å². The largest absolute Gasteiger partial charge is 0.356 e. The molecular weight excluding hydrogens is 320 g/mol. The zero-order valence-corrected chi connectivity index (χ0v) is 13.5. The van der Waals surface area contributed by atoms with Crippen LogP contribution in [0.25, 0.3) is 0 Å². The van der Waals surface area contributed by atoms with Gasteiger partial charge in [-0.25, -0.2) is 13.6 Å². The molecular formula is C14H14N4O2S2. The zero-order valence-electron chi connectivity index (χ0n) is 11.9. The van der Waals surface area contributed by atoms with Crippen LogP contribution in [0, 0.1) is 18.3 Å². The summed E-state index contributed by atoms with van der Waals surface area (Å²) in [6.07, 6.45) is 0.794. The number of anilines is 1. The maximum atomic E-state index is 11.5. The number of nitrogens with zero attached hydrogens (tertiary/aromatic N) is 3. The molecule has 1 aliphatic heterocycles. The van der Waals surface area contributed by atoms with Crippen LogP contribution in [0.2, 0.25) is 0 Å². The van der Waals surface area contributed by atoms with Crippen molar-refractivity contribution >= 4 is 26.6 Å². The third-order valence-corrected chi connectivity index (χ3v) is 5.67. The molecule has 0 saturated carbocycles. The van der Waals surface area contributed by atoms with Gasteiger partial charge in [-0.1, -0.05) is 6.07 Å². The summed E-state index contributed by atoms with van der Waals surface area (Å²) < 4.78 is 27.2. The number of rotatable bonds is 2. The lowest BCUT2D eigenvalue weighted by Gasteiger charge is -2.29. The number of benzene rings is 1. The fourth-order valence-electron chi connectivity index (χ4n) is 2.59. The minimum atomic E-state index is -3.71. The van der Waals surface area contributed by atoms with Crippen LogP contribution in [0.1, 0.15) is 22.4 Å². The lowest BCUT2D eigenvalue weighted by Crippen LogP contribution is -2.30. The molecule has 0 saturated heterocycles. The molecule has 0 spiro atoms. The van der Waals surface area contributed by atoms with Gasteiger partial charge in [-0.15, -0.1) is 0 Å². The van der Waals surface area contributed by atoms with Crippen molar-refractivity contribution in [3.05, 3.63) is 40.6 Å². The number of sulfonamides is 1. The highest BCUT2D eigenvalue weighted by Gasteiger charge is 2.23. The number of aromatic nitrogens is 1. The van der Waals surface area contributed by atoms with Gasteiger partial charge in [-0.3, -0.25) is 0 Å². The Hall–Kier alpha value is -1.95. The first-order valence-corrected chi connectivity index (χ1v) is 8.98. The SMILES string of the molecule is Cc1nsc(N2CCc3ccc(S(N)(=O)=O)cc3C2)c1C#N. The lowest BCUT2D eigenvalue weighted by molar-refractivity contribution is 0.597. The molecule has 3 rings (SSSR count). The Morgan fingerprint density at radius 3 is 2.86 bits per heavy atom. The average molecular weight is 334 g/mol. The summed E-state index contributed by atoms with van der Waals surface area (Å²) in [6, 6.07) is 7.17. The van der Waals surface area contributed by atoms with Gasteiger partial charge in [0, 0.05) is 13.1 Å². The Balaban J connectivity index is 1.98. The molecule has 0 amide bonds. The molecule has 2 N–H and O–H groups in total. The zero-order chi connectivity index (χ0) is 15.9. The van der Waals surface area contributed by atoms with Crippen LogP contribution in [-0.2, 0) is 23.0 Å². The van der Waals surface area contributed by atoms with Crippen molar-refractivity contribution in [3.8, 4) is 6.07 Å². The molecule has 1 aromatic carbocycles. The molecule has 1 aliphatic rings. The van der Waals surface area contributed by atoms with E-state index in [1.807, 2.05) is 13.0 Å². The van der Waals surface area contributed by atoms with Crippen molar-refractivity contribution in [1.82, 2.24) is 4.37 Å². The van der Waals surface area contributed by atoms with E-state index >= 15 is 0 Å². The molecule has 22 heavy (non-hydrogen) atoms. The lowest BCUT2D eigenvalue weighted by atomic mass is 10.00. The van der Waals surface area contributed by atoms with E-state index < -0.39 is 10.0 Å². The van der Waals surface area contributed by atoms with Crippen molar-refractivity contribution < 1.29 is 8.42 Å². The molecule has 8 heteroatoms. The Bertz CT molecular complexity index is 881. The highest BCUT2D eigenvalue weighted by molar-refractivity contribution is 7.89. The standard InChI is InChI=1S/C14H14N4O2S2/c1-9-13(7-15)14(21-17-9)18-5-4-10-2-3-12(22(16,19)20)6-11(10)8-18/h2-3,6H,4-5,8H2,1H3,(H2,16,19,20). The Morgan fingerprint density at radius 1 is 1.41 bits per heavy atom. The van der Waals surface area contributed by atoms with E-state index in [1.165, 1.54) is 11.5 Å². The Labute approximate surface area is 133 Å². The summed E-state index contributed by atoms with van der Waals surface area (Å²) in [5.74, 6) is 0. The highest BCUT2D eigenvalue weighted by Crippen LogP contribution is 2.32. The molecule has 0 bridgehead atoms. The van der Waals surface area contributed by atoms with Crippen LogP contribution in [-0.4, -0.2) is 19.3 Å². The molecule has 1 aromatic heterocycles. The molecule has 2 aromatic rings. The summed E-state index contributed by atoms with van der Waals surface area (Å²) >= 11 is 1.30. The first-order valence-electron chi connectivity index (χ1n) is 6.66. The highest BCUT2D eigenvalue weighted by atomic mass is 32.2. The van der Waals surface area contributed by atoms with Gasteiger partial charge >= 0.3 is 0 Å². The summed E-state index contributed by atoms with van der Waals surface area (Å²) in [6.45, 7) is 3.14. The van der Waals surface area contributed by atoms with Crippen molar-refractivity contribution in [3.63, 3.8) is 0 Å². The number of aryl methyl sites for hydroxylation is 1. The van der Waals surface area contributed by atoms with E-state index in [9.17, 15) is 13.7 Å². The maximum Gasteiger partial charge on any atom is 0.238 e. The molecule has 0 unspecified atom stereocenters. The summed E-state index contributed by atoms with van der Waals surface area (Å²) in [7, 11) is -3.71. The number of hydrogen-bond acceptors (Lipinski definition) is 6. The van der Waals surface area contributed by atoms with Crippen LogP contribution in [0.3, 0.4) is 0 Å². The van der Waals surface area contributed by atoms with Gasteiger partial charge in [0.2, 0.25) is 10.0 Å². The van der Waals surface area contributed by atoms with E-state index in [1.54, 1.807) is 12.1 Å². The fraction of sp³-hybridized carbons (Fsp3) is 0.286. The van der Waals surface area contributed by atoms with Gasteiger partial charge in [0.25, 0.3) is 0 Å². The van der Waals surface area contributed by atoms with Gasteiger partial charge in [0.1, 0.15) is 16.6 Å². The van der Waals surface area contributed by atoms with Crippen LogP contribution >= 0.6 is 11.5 Å². The molecule has 114 valence electrons. The second-order valence-electron chi connectivity index (χ2n) is 5.21. The third-order valence-electron chi connectivity index (χ3n) is 3.76. The predicted molar refractivity (Wildman–Crippen MR) is 84.1 cm³/mol. The number of hydrogen-bond donors (Lipinski definition) is 1. The second-order valence-corrected chi connectivity index (χ2v) is 7.52. The van der Waals surface area contributed by atoms with Crippen LogP contribution in [0.4, 0.5) is 5.00 Å². The number of nitriles is 1. The van der Waals surface area contributed by atoms with E-state index in [0.29, 0.717) is 12.1 Å². The van der Waals surface area contributed by atoms with E-state index in [0.717, 1.165) is 34.8 Å². The van der Waals surface area contributed by atoms with Crippen molar-refractivity contribution in [2.24, 2.45) is 5.14 Å². The van der Waals surface area contributed by atoms with Crippen LogP contribution < -0.4 is 10.0 Å².